The zero-order valence-electron chi connectivity index (χ0n) is 40.2. The first-order valence-electron chi connectivity index (χ1n) is 24.4. The highest BCUT2D eigenvalue weighted by Gasteiger charge is 2.37. The number of anilines is 2. The Morgan fingerprint density at radius 3 is 1.38 bits per heavy atom. The van der Waals surface area contributed by atoms with E-state index < -0.39 is 0 Å². The zero-order chi connectivity index (χ0) is 47.1. The van der Waals surface area contributed by atoms with Gasteiger partial charge in [-0.25, -0.2) is 0 Å². The molecule has 0 heterocycles. The van der Waals surface area contributed by atoms with Crippen molar-refractivity contribution in [3.05, 3.63) is 239 Å². The van der Waals surface area contributed by atoms with Crippen molar-refractivity contribution >= 4 is 98.6 Å². The van der Waals surface area contributed by atoms with E-state index in [-0.39, 0.29) is 11.3 Å². The summed E-state index contributed by atoms with van der Waals surface area (Å²) in [4.78, 5) is 2.62. The molecule has 12 rings (SSSR count). The van der Waals surface area contributed by atoms with Crippen molar-refractivity contribution in [1.82, 2.24) is 0 Å². The molecular weight excluding hydrogens is 946 g/mol. The van der Waals surface area contributed by atoms with Crippen LogP contribution in [-0.2, 0) is 9.84 Å². The van der Waals surface area contributed by atoms with Gasteiger partial charge < -0.3 is 4.90 Å². The molecule has 11 aromatic carbocycles. The fraction of sp³-hybridized carbons (Fsp3) is 0.134. The zero-order valence-corrected chi connectivity index (χ0v) is 42.3. The lowest BCUT2D eigenvalue weighted by Crippen LogP contribution is -2.33. The molecule has 1 aliphatic rings. The smallest absolute Gasteiger partial charge is 0.0504 e. The maximum absolute atomic E-state index is 2.62. The Morgan fingerprint density at radius 2 is 0.855 bits per heavy atom. The van der Waals surface area contributed by atoms with Gasteiger partial charge in [0.2, 0.25) is 0 Å². The molecule has 334 valence electrons. The lowest BCUT2D eigenvalue weighted by molar-refractivity contribution is 0.454. The normalized spacial score (nSPS) is 16.2. The average molecular weight is 1000 g/mol. The monoisotopic (exact) mass is 999 g/mol. The summed E-state index contributed by atoms with van der Waals surface area (Å²) in [7, 11) is 0. The van der Waals surface area contributed by atoms with Gasteiger partial charge in [0.1, 0.15) is 0 Å². The van der Waals surface area contributed by atoms with Crippen LogP contribution >= 0.6 is 22.6 Å². The van der Waals surface area contributed by atoms with Crippen LogP contribution in [0.25, 0.3) is 86.9 Å². The minimum Gasteiger partial charge on any atom is -0.310 e. The first-order valence-corrected chi connectivity index (χ1v) is 25.9. The highest BCUT2D eigenvalue weighted by atomic mass is 127. The summed E-state index contributed by atoms with van der Waals surface area (Å²) in [6.45, 7) is 14.2. The summed E-state index contributed by atoms with van der Waals surface area (Å²) in [5.74, 6) is 0.181. The molecule has 0 spiro atoms. The number of fused-ring (bicyclic) bond motifs is 9. The fourth-order valence-corrected chi connectivity index (χ4v) is 12.5. The predicted octanol–water partition coefficient (Wildman–Crippen LogP) is 19.4. The molecule has 11 aromatic rings. The van der Waals surface area contributed by atoms with Crippen LogP contribution in [0.3, 0.4) is 0 Å². The van der Waals surface area contributed by atoms with Crippen molar-refractivity contribution in [3.8, 4) is 22.3 Å². The second-order valence-corrected chi connectivity index (χ2v) is 20.5. The molecule has 1 nitrogen and oxygen atoms in total. The number of nitrogens with zero attached hydrogens (tertiary/aromatic N) is 1. The summed E-state index contributed by atoms with van der Waals surface area (Å²) in [6, 6.07) is 70.5. The number of rotatable bonds is 7. The Hall–Kier alpha value is -7.01. The van der Waals surface area contributed by atoms with Crippen molar-refractivity contribution in [3.63, 3.8) is 0 Å². The van der Waals surface area contributed by atoms with Crippen LogP contribution in [0.5, 0.6) is 0 Å². The van der Waals surface area contributed by atoms with E-state index in [4.69, 9.17) is 0 Å². The van der Waals surface area contributed by atoms with Gasteiger partial charge in [0.15, 0.2) is 0 Å². The first kappa shape index (κ1) is 43.3. The van der Waals surface area contributed by atoms with E-state index in [1.165, 1.54) is 137 Å². The Kier molecular flexibility index (Phi) is 10.6. The summed E-state index contributed by atoms with van der Waals surface area (Å²) >= 11 is 2.60. The number of hydrogen-bond acceptors (Lipinski definition) is 1. The third-order valence-electron chi connectivity index (χ3n) is 15.6. The van der Waals surface area contributed by atoms with Crippen LogP contribution < -0.4 is 4.90 Å². The Bertz CT molecular complexity index is 3980. The third-order valence-corrected chi connectivity index (χ3v) is 16.4. The van der Waals surface area contributed by atoms with E-state index in [0.717, 1.165) is 4.43 Å². The number of aryl methyl sites for hydroxylation is 3. The molecule has 69 heavy (non-hydrogen) atoms. The molecule has 2 unspecified atom stereocenters. The summed E-state index contributed by atoms with van der Waals surface area (Å²) in [5, 5.41) is 15.5. The van der Waals surface area contributed by atoms with Gasteiger partial charge in [0.25, 0.3) is 0 Å². The van der Waals surface area contributed by atoms with Gasteiger partial charge in [-0.1, -0.05) is 194 Å². The van der Waals surface area contributed by atoms with E-state index in [9.17, 15) is 0 Å². The van der Waals surface area contributed by atoms with Crippen molar-refractivity contribution in [1.29, 1.82) is 0 Å². The molecule has 0 radical (unpaired) electrons. The maximum atomic E-state index is 2.62. The SMILES string of the molecule is CC1=CC(C)(c2cc3ccccc3c3ccccc23)C(C)C=C1N(c1cc(C)c(-c2cc3ccccc3c3ccccc23)cc1C)c1cc(C)c(-c2cc3ccccc3c3ccccc23)cc1CI. The molecular formula is C67H54IN. The van der Waals surface area contributed by atoms with Gasteiger partial charge in [-0.3, -0.25) is 0 Å². The first-order chi connectivity index (χ1) is 33.6. The van der Waals surface area contributed by atoms with E-state index >= 15 is 0 Å². The Labute approximate surface area is 419 Å². The van der Waals surface area contributed by atoms with Gasteiger partial charge in [-0.05, 0) is 196 Å². The van der Waals surface area contributed by atoms with E-state index in [1.54, 1.807) is 0 Å². The number of benzene rings is 11. The van der Waals surface area contributed by atoms with E-state index in [1.807, 2.05) is 0 Å². The van der Waals surface area contributed by atoms with E-state index in [2.05, 4.69) is 269 Å². The molecule has 2 heteroatoms. The summed E-state index contributed by atoms with van der Waals surface area (Å²) < 4.78 is 0.855. The molecule has 0 aromatic heterocycles. The number of halogens is 1. The van der Waals surface area contributed by atoms with Crippen molar-refractivity contribution in [2.45, 2.75) is 51.4 Å². The molecule has 0 fully saturated rings. The number of hydrogen-bond donors (Lipinski definition) is 0. The third kappa shape index (κ3) is 7.01. The minimum absolute atomic E-state index is 0.181. The maximum Gasteiger partial charge on any atom is 0.0504 e. The van der Waals surface area contributed by atoms with Crippen LogP contribution in [0.1, 0.15) is 48.6 Å². The van der Waals surface area contributed by atoms with Crippen LogP contribution in [0.4, 0.5) is 11.4 Å². The van der Waals surface area contributed by atoms with Gasteiger partial charge in [-0.2, -0.15) is 0 Å². The highest BCUT2D eigenvalue weighted by molar-refractivity contribution is 14.1. The van der Waals surface area contributed by atoms with Crippen LogP contribution in [0.2, 0.25) is 0 Å². The summed E-state index contributed by atoms with van der Waals surface area (Å²) in [6.07, 6.45) is 5.16. The highest BCUT2D eigenvalue weighted by Crippen LogP contribution is 2.50. The molecule has 2 atom stereocenters. The Morgan fingerprint density at radius 1 is 0.435 bits per heavy atom. The fourth-order valence-electron chi connectivity index (χ4n) is 11.9. The second kappa shape index (κ2) is 16.9. The Balaban J connectivity index is 1.07. The minimum atomic E-state index is -0.252. The van der Waals surface area contributed by atoms with Crippen molar-refractivity contribution in [2.75, 3.05) is 4.90 Å². The second-order valence-electron chi connectivity index (χ2n) is 19.7. The standard InChI is InChI=1S/C67H54IN/c1-41-32-64(43(3)31-59(41)61-35-46-19-7-10-22-50(46)53-25-13-15-28-56(53)61)69(65-34-45(5)67(6,39-44(65)4)63-38-48-21-9-12-24-52(48)55-27-17-18-30-58(55)63)66-33-42(2)60(37-49(66)40-68)62-36-47-20-8-11-23-51(47)54-26-14-16-29-57(54)62/h7-39,45H,40H2,1-6H3. The van der Waals surface area contributed by atoms with E-state index in [0.29, 0.717) is 0 Å². The molecule has 0 amide bonds. The average Bonchev–Trinajstić information content (AvgIpc) is 3.38. The molecule has 0 bridgehead atoms. The van der Waals surface area contributed by atoms with Gasteiger partial charge in [0.05, 0.1) is 5.69 Å². The van der Waals surface area contributed by atoms with Crippen LogP contribution in [0.15, 0.2) is 211 Å². The summed E-state index contributed by atoms with van der Waals surface area (Å²) in [5.41, 5.74) is 16.3. The topological polar surface area (TPSA) is 3.24 Å². The van der Waals surface area contributed by atoms with Crippen LogP contribution in [0, 0.1) is 26.7 Å². The van der Waals surface area contributed by atoms with Gasteiger partial charge in [0, 0.05) is 21.2 Å². The van der Waals surface area contributed by atoms with Crippen LogP contribution in [-0.4, -0.2) is 0 Å². The molecule has 0 saturated carbocycles. The molecule has 0 saturated heterocycles. The number of allylic oxidation sites excluding steroid dienone is 3. The number of alkyl halides is 1. The molecule has 0 N–H and O–H groups in total. The molecule has 0 aliphatic heterocycles. The lowest BCUT2D eigenvalue weighted by atomic mass is 9.67. The lowest BCUT2D eigenvalue weighted by Gasteiger charge is -2.41. The quantitative estimate of drug-likeness (QED) is 0.0874. The molecule has 1 aliphatic carbocycles. The van der Waals surface area contributed by atoms with Gasteiger partial charge in [-0.15, -0.1) is 0 Å². The van der Waals surface area contributed by atoms with Gasteiger partial charge >= 0.3 is 0 Å². The largest absolute Gasteiger partial charge is 0.310 e. The van der Waals surface area contributed by atoms with Crippen molar-refractivity contribution in [2.24, 2.45) is 5.92 Å². The predicted molar refractivity (Wildman–Crippen MR) is 308 cm³/mol. The van der Waals surface area contributed by atoms with Crippen molar-refractivity contribution < 1.29 is 0 Å².